The Morgan fingerprint density at radius 2 is 1.94 bits per heavy atom. The number of aromatic nitrogens is 2. The van der Waals surface area contributed by atoms with Crippen molar-refractivity contribution in [3.8, 4) is 0 Å². The number of anilines is 4. The van der Waals surface area contributed by atoms with Crippen LogP contribution in [0.1, 0.15) is 35.3 Å². The van der Waals surface area contributed by atoms with Crippen LogP contribution in [0.4, 0.5) is 23.0 Å². The molecule has 3 heterocycles. The highest BCUT2D eigenvalue weighted by Crippen LogP contribution is 2.43. The Labute approximate surface area is 193 Å². The maximum absolute atomic E-state index is 13.1. The van der Waals surface area contributed by atoms with Crippen molar-refractivity contribution < 1.29 is 13.2 Å². The van der Waals surface area contributed by atoms with Crippen LogP contribution in [0.15, 0.2) is 54.9 Å². The Morgan fingerprint density at radius 3 is 2.67 bits per heavy atom. The topological polar surface area (TPSA) is 130 Å². The molecule has 0 fully saturated rings. The minimum absolute atomic E-state index is 0.322. The van der Waals surface area contributed by atoms with Gasteiger partial charge in [-0.2, -0.15) is 0 Å². The first-order chi connectivity index (χ1) is 15.5. The number of benzene rings is 1. The minimum Gasteiger partial charge on any atom is -0.384 e. The number of nitrogens with zero attached hydrogens (tertiary/aromatic N) is 3. The number of amides is 1. The summed E-state index contributed by atoms with van der Waals surface area (Å²) in [6.07, 6.45) is 4.40. The maximum atomic E-state index is 13.1. The zero-order valence-corrected chi connectivity index (χ0v) is 19.5. The lowest BCUT2D eigenvalue weighted by atomic mass is 9.87. The summed E-state index contributed by atoms with van der Waals surface area (Å²) in [5.41, 5.74) is 8.68. The molecule has 2 aromatic heterocycles. The van der Waals surface area contributed by atoms with E-state index in [1.54, 1.807) is 42.7 Å². The SMILES string of the molecule is CC1(C)CN(S(C)(=O)=O)c2cc(NC(=O)c3cccnc3NCc3ccnc(N)c3)ccc21. The van der Waals surface area contributed by atoms with Crippen LogP contribution in [0.3, 0.4) is 0 Å². The second-order valence-electron chi connectivity index (χ2n) is 8.68. The average Bonchev–Trinajstić information content (AvgIpc) is 3.03. The predicted octanol–water partition coefficient (Wildman–Crippen LogP) is 2.98. The quantitative estimate of drug-likeness (QED) is 0.509. The largest absolute Gasteiger partial charge is 0.384 e. The average molecular weight is 467 g/mol. The Kier molecular flexibility index (Phi) is 5.71. The van der Waals surface area contributed by atoms with Crippen LogP contribution in [-0.4, -0.2) is 37.1 Å². The molecule has 0 bridgehead atoms. The molecule has 0 saturated carbocycles. The van der Waals surface area contributed by atoms with Crippen molar-refractivity contribution in [3.05, 3.63) is 71.5 Å². The van der Waals surface area contributed by atoms with Gasteiger partial charge in [0.25, 0.3) is 5.91 Å². The van der Waals surface area contributed by atoms with Gasteiger partial charge in [-0.25, -0.2) is 18.4 Å². The van der Waals surface area contributed by atoms with Gasteiger partial charge in [-0.15, -0.1) is 0 Å². The first kappa shape index (κ1) is 22.5. The van der Waals surface area contributed by atoms with Gasteiger partial charge in [0.05, 0.1) is 17.5 Å². The first-order valence-electron chi connectivity index (χ1n) is 10.4. The van der Waals surface area contributed by atoms with Crippen LogP contribution in [0.25, 0.3) is 0 Å². The normalized spacial score (nSPS) is 14.6. The minimum atomic E-state index is -3.44. The van der Waals surface area contributed by atoms with E-state index < -0.39 is 10.0 Å². The highest BCUT2D eigenvalue weighted by molar-refractivity contribution is 7.92. The summed E-state index contributed by atoms with van der Waals surface area (Å²) in [4.78, 5) is 21.3. The Balaban J connectivity index is 1.56. The zero-order chi connectivity index (χ0) is 23.8. The van der Waals surface area contributed by atoms with Gasteiger partial charge in [0.15, 0.2) is 0 Å². The number of carbonyl (C=O) groups excluding carboxylic acids is 1. The number of rotatable bonds is 6. The highest BCUT2D eigenvalue weighted by atomic mass is 32.2. The molecule has 0 spiro atoms. The van der Waals surface area contributed by atoms with Crippen molar-refractivity contribution in [1.82, 2.24) is 9.97 Å². The first-order valence-corrected chi connectivity index (χ1v) is 12.2. The van der Waals surface area contributed by atoms with Gasteiger partial charge in [-0.05, 0) is 47.5 Å². The standard InChI is InChI=1S/C23H26N6O3S/c1-23(2)14-29(33(3,31)32)19-12-16(6-7-18(19)23)28-22(30)17-5-4-9-26-21(17)27-13-15-8-10-25-20(24)11-15/h4-12H,13-14H2,1-3H3,(H2,24,25)(H,26,27)(H,28,30). The van der Waals surface area contributed by atoms with Gasteiger partial charge in [0.1, 0.15) is 11.6 Å². The number of carbonyl (C=O) groups is 1. The van der Waals surface area contributed by atoms with E-state index in [0.29, 0.717) is 41.7 Å². The summed E-state index contributed by atoms with van der Waals surface area (Å²) in [7, 11) is -3.44. The zero-order valence-electron chi connectivity index (χ0n) is 18.7. The number of hydrogen-bond acceptors (Lipinski definition) is 7. The lowest BCUT2D eigenvalue weighted by molar-refractivity contribution is 0.102. The molecular weight excluding hydrogens is 440 g/mol. The highest BCUT2D eigenvalue weighted by Gasteiger charge is 2.39. The molecule has 10 heteroatoms. The van der Waals surface area contributed by atoms with E-state index in [2.05, 4.69) is 20.6 Å². The number of sulfonamides is 1. The molecular formula is C23H26N6O3S. The molecule has 1 aromatic carbocycles. The molecule has 0 unspecified atom stereocenters. The molecule has 4 rings (SSSR count). The molecule has 33 heavy (non-hydrogen) atoms. The fourth-order valence-corrected chi connectivity index (χ4v) is 5.00. The molecule has 172 valence electrons. The monoisotopic (exact) mass is 466 g/mol. The molecule has 0 atom stereocenters. The second kappa shape index (κ2) is 8.36. The number of pyridine rings is 2. The van der Waals surface area contributed by atoms with Crippen LogP contribution in [0, 0.1) is 0 Å². The number of nitrogen functional groups attached to an aromatic ring is 1. The summed E-state index contributed by atoms with van der Waals surface area (Å²) >= 11 is 0. The van der Waals surface area contributed by atoms with Crippen molar-refractivity contribution in [2.75, 3.05) is 33.5 Å². The van der Waals surface area contributed by atoms with Gasteiger partial charge < -0.3 is 16.4 Å². The maximum Gasteiger partial charge on any atom is 0.259 e. The smallest absolute Gasteiger partial charge is 0.259 e. The third-order valence-electron chi connectivity index (χ3n) is 5.55. The van der Waals surface area contributed by atoms with Crippen LogP contribution >= 0.6 is 0 Å². The van der Waals surface area contributed by atoms with Gasteiger partial charge in [0.2, 0.25) is 10.0 Å². The van der Waals surface area contributed by atoms with Crippen LogP contribution in [0.2, 0.25) is 0 Å². The van der Waals surface area contributed by atoms with E-state index in [9.17, 15) is 13.2 Å². The number of hydrogen-bond donors (Lipinski definition) is 3. The summed E-state index contributed by atoms with van der Waals surface area (Å²) in [6, 6.07) is 12.3. The third-order valence-corrected chi connectivity index (χ3v) is 6.68. The van der Waals surface area contributed by atoms with Crippen molar-refractivity contribution in [3.63, 3.8) is 0 Å². The Hall–Kier alpha value is -3.66. The number of nitrogens with two attached hydrogens (primary N) is 1. The van der Waals surface area contributed by atoms with E-state index in [-0.39, 0.29) is 11.3 Å². The van der Waals surface area contributed by atoms with E-state index in [1.807, 2.05) is 26.0 Å². The molecule has 9 nitrogen and oxygen atoms in total. The van der Waals surface area contributed by atoms with E-state index >= 15 is 0 Å². The predicted molar refractivity (Wildman–Crippen MR) is 130 cm³/mol. The molecule has 0 saturated heterocycles. The summed E-state index contributed by atoms with van der Waals surface area (Å²) in [5.74, 6) is 0.476. The van der Waals surface area contributed by atoms with Gasteiger partial charge in [-0.1, -0.05) is 19.9 Å². The number of nitrogens with one attached hydrogen (secondary N) is 2. The van der Waals surface area contributed by atoms with Gasteiger partial charge >= 0.3 is 0 Å². The molecule has 1 aliphatic heterocycles. The summed E-state index contributed by atoms with van der Waals surface area (Å²) in [6.45, 7) is 4.77. The lowest BCUT2D eigenvalue weighted by Gasteiger charge is -2.20. The number of fused-ring (bicyclic) bond motifs is 1. The fraction of sp³-hybridized carbons (Fsp3) is 0.261. The second-order valence-corrected chi connectivity index (χ2v) is 10.6. The van der Waals surface area contributed by atoms with Crippen LogP contribution < -0.4 is 20.7 Å². The molecule has 3 aromatic rings. The van der Waals surface area contributed by atoms with Crippen molar-refractivity contribution in [1.29, 1.82) is 0 Å². The molecule has 4 N–H and O–H groups in total. The van der Waals surface area contributed by atoms with Crippen LogP contribution in [0.5, 0.6) is 0 Å². The molecule has 0 aliphatic carbocycles. The van der Waals surface area contributed by atoms with Gasteiger partial charge in [-0.3, -0.25) is 9.10 Å². The summed E-state index contributed by atoms with van der Waals surface area (Å²) in [5, 5.41) is 6.02. The third kappa shape index (κ3) is 4.75. The molecule has 1 amide bonds. The van der Waals surface area contributed by atoms with Crippen molar-refractivity contribution in [2.45, 2.75) is 25.8 Å². The van der Waals surface area contributed by atoms with E-state index in [1.165, 1.54) is 10.6 Å². The van der Waals surface area contributed by atoms with Crippen molar-refractivity contribution in [2.24, 2.45) is 0 Å². The lowest BCUT2D eigenvalue weighted by Crippen LogP contribution is -2.33. The Bertz CT molecular complexity index is 1320. The van der Waals surface area contributed by atoms with Crippen molar-refractivity contribution >= 4 is 38.9 Å². The Morgan fingerprint density at radius 1 is 1.15 bits per heavy atom. The summed E-state index contributed by atoms with van der Waals surface area (Å²) < 4.78 is 26.0. The van der Waals surface area contributed by atoms with Crippen LogP contribution in [-0.2, 0) is 22.0 Å². The molecule has 0 radical (unpaired) electrons. The molecule has 1 aliphatic rings. The fourth-order valence-electron chi connectivity index (χ4n) is 3.93. The van der Waals surface area contributed by atoms with Gasteiger partial charge in [0, 0.05) is 36.6 Å². The van der Waals surface area contributed by atoms with E-state index in [4.69, 9.17) is 5.73 Å². The van der Waals surface area contributed by atoms with E-state index in [0.717, 1.165) is 11.1 Å².